The lowest BCUT2D eigenvalue weighted by molar-refractivity contribution is 0.679. The molecule has 0 fully saturated rings. The van der Waals surface area contributed by atoms with Gasteiger partial charge in [0.1, 0.15) is 0 Å². The summed E-state index contributed by atoms with van der Waals surface area (Å²) in [5.41, 5.74) is 4.51. The third-order valence-corrected chi connectivity index (χ3v) is 3.77. The van der Waals surface area contributed by atoms with Crippen LogP contribution in [0.3, 0.4) is 0 Å². The van der Waals surface area contributed by atoms with Crippen LogP contribution >= 0.6 is 11.6 Å². The number of benzene rings is 2. The number of hydrogen-bond donors (Lipinski definition) is 2. The van der Waals surface area contributed by atoms with Crippen molar-refractivity contribution in [1.82, 2.24) is 15.5 Å². The van der Waals surface area contributed by atoms with E-state index in [9.17, 15) is 0 Å². The van der Waals surface area contributed by atoms with E-state index in [2.05, 4.69) is 33.7 Å². The van der Waals surface area contributed by atoms with Crippen LogP contribution in [0.4, 0.5) is 0 Å². The summed E-state index contributed by atoms with van der Waals surface area (Å²) in [6, 6.07) is 20.2. The molecular formula is C18H18ClN3. The molecule has 1 heterocycles. The molecule has 1 aromatic heterocycles. The van der Waals surface area contributed by atoms with E-state index in [1.54, 1.807) is 0 Å². The molecule has 0 aliphatic heterocycles. The molecule has 0 aliphatic rings. The van der Waals surface area contributed by atoms with Crippen LogP contribution in [0.1, 0.15) is 11.3 Å². The van der Waals surface area contributed by atoms with Gasteiger partial charge in [0.15, 0.2) is 0 Å². The van der Waals surface area contributed by atoms with Crippen molar-refractivity contribution in [1.29, 1.82) is 0 Å². The third kappa shape index (κ3) is 3.97. The molecule has 0 unspecified atom stereocenters. The highest BCUT2D eigenvalue weighted by Gasteiger charge is 2.03. The predicted octanol–water partition coefficient (Wildman–Crippen LogP) is 4.06. The molecule has 0 radical (unpaired) electrons. The molecule has 0 saturated heterocycles. The van der Waals surface area contributed by atoms with Crippen molar-refractivity contribution >= 4 is 11.6 Å². The highest BCUT2D eigenvalue weighted by molar-refractivity contribution is 6.30. The predicted molar refractivity (Wildman–Crippen MR) is 90.9 cm³/mol. The number of nitrogens with one attached hydrogen (secondary N) is 2. The molecule has 0 spiro atoms. The first-order valence-electron chi connectivity index (χ1n) is 7.36. The summed E-state index contributed by atoms with van der Waals surface area (Å²) in [6.45, 7) is 1.75. The Morgan fingerprint density at radius 3 is 2.55 bits per heavy atom. The minimum Gasteiger partial charge on any atom is -0.312 e. The molecule has 0 amide bonds. The van der Waals surface area contributed by atoms with Gasteiger partial charge in [0.05, 0.1) is 5.69 Å². The molecule has 0 bridgehead atoms. The van der Waals surface area contributed by atoms with E-state index in [0.717, 1.165) is 41.5 Å². The molecule has 0 saturated carbocycles. The van der Waals surface area contributed by atoms with Crippen molar-refractivity contribution in [3.63, 3.8) is 0 Å². The first-order chi connectivity index (χ1) is 10.8. The van der Waals surface area contributed by atoms with Gasteiger partial charge in [-0.2, -0.15) is 5.10 Å². The molecule has 22 heavy (non-hydrogen) atoms. The average molecular weight is 312 g/mol. The second-order valence-corrected chi connectivity index (χ2v) is 5.63. The first kappa shape index (κ1) is 14.8. The zero-order valence-electron chi connectivity index (χ0n) is 12.2. The largest absolute Gasteiger partial charge is 0.312 e. The van der Waals surface area contributed by atoms with E-state index in [4.69, 9.17) is 11.6 Å². The van der Waals surface area contributed by atoms with Crippen molar-refractivity contribution in [3.05, 3.63) is 76.9 Å². The van der Waals surface area contributed by atoms with Gasteiger partial charge in [-0.3, -0.25) is 5.10 Å². The highest BCUT2D eigenvalue weighted by Crippen LogP contribution is 2.16. The van der Waals surface area contributed by atoms with Crippen LogP contribution in [0.25, 0.3) is 11.3 Å². The van der Waals surface area contributed by atoms with Gasteiger partial charge in [0, 0.05) is 35.8 Å². The average Bonchev–Trinajstić information content (AvgIpc) is 3.03. The maximum atomic E-state index is 5.87. The summed E-state index contributed by atoms with van der Waals surface area (Å²) < 4.78 is 0. The number of H-pyrrole nitrogens is 1. The van der Waals surface area contributed by atoms with Crippen LogP contribution in [0.5, 0.6) is 0 Å². The number of aromatic nitrogens is 2. The molecule has 2 aromatic carbocycles. The Labute approximate surface area is 135 Å². The maximum Gasteiger partial charge on any atom is 0.0923 e. The van der Waals surface area contributed by atoms with E-state index in [1.807, 2.05) is 42.5 Å². The Bertz CT molecular complexity index is 705. The van der Waals surface area contributed by atoms with Crippen molar-refractivity contribution in [2.24, 2.45) is 0 Å². The zero-order valence-corrected chi connectivity index (χ0v) is 13.0. The summed E-state index contributed by atoms with van der Waals surface area (Å²) in [4.78, 5) is 0. The van der Waals surface area contributed by atoms with Crippen molar-refractivity contribution < 1.29 is 0 Å². The van der Waals surface area contributed by atoms with E-state index in [0.29, 0.717) is 0 Å². The van der Waals surface area contributed by atoms with Gasteiger partial charge < -0.3 is 5.32 Å². The molecule has 2 N–H and O–H groups in total. The lowest BCUT2D eigenvalue weighted by Gasteiger charge is -2.04. The summed E-state index contributed by atoms with van der Waals surface area (Å²) in [5, 5.41) is 11.7. The van der Waals surface area contributed by atoms with Crippen LogP contribution in [0.2, 0.25) is 5.02 Å². The Hall–Kier alpha value is -2.10. The fraction of sp³-hybridized carbons (Fsp3) is 0.167. The number of hydrogen-bond acceptors (Lipinski definition) is 2. The number of rotatable bonds is 6. The van der Waals surface area contributed by atoms with E-state index in [-0.39, 0.29) is 0 Å². The number of nitrogens with zero attached hydrogens (tertiary/aromatic N) is 1. The van der Waals surface area contributed by atoms with Gasteiger partial charge in [-0.05, 0) is 23.8 Å². The Morgan fingerprint density at radius 2 is 1.77 bits per heavy atom. The molecule has 0 atom stereocenters. The van der Waals surface area contributed by atoms with Crippen molar-refractivity contribution in [2.75, 3.05) is 6.54 Å². The third-order valence-electron chi connectivity index (χ3n) is 3.51. The molecule has 4 heteroatoms. The summed E-state index contributed by atoms with van der Waals surface area (Å²) >= 11 is 5.87. The molecule has 3 nitrogen and oxygen atoms in total. The van der Waals surface area contributed by atoms with Gasteiger partial charge in [0.2, 0.25) is 0 Å². The van der Waals surface area contributed by atoms with Gasteiger partial charge in [0.25, 0.3) is 0 Å². The molecule has 0 aliphatic carbocycles. The Balaban J connectivity index is 1.48. The van der Waals surface area contributed by atoms with Crippen molar-refractivity contribution in [2.45, 2.75) is 13.0 Å². The Kier molecular flexibility index (Phi) is 4.88. The topological polar surface area (TPSA) is 40.7 Å². The molecule has 112 valence electrons. The quantitative estimate of drug-likeness (QED) is 0.674. The highest BCUT2D eigenvalue weighted by atomic mass is 35.5. The lowest BCUT2D eigenvalue weighted by atomic mass is 10.1. The van der Waals surface area contributed by atoms with Gasteiger partial charge in [-0.15, -0.1) is 0 Å². The first-order valence-corrected chi connectivity index (χ1v) is 7.74. The molecular weight excluding hydrogens is 294 g/mol. The second-order valence-electron chi connectivity index (χ2n) is 5.20. The summed E-state index contributed by atoms with van der Waals surface area (Å²) in [6.07, 6.45) is 0.924. The second kappa shape index (κ2) is 7.25. The van der Waals surface area contributed by atoms with E-state index in [1.165, 1.54) is 5.56 Å². The monoisotopic (exact) mass is 311 g/mol. The summed E-state index contributed by atoms with van der Waals surface area (Å²) in [7, 11) is 0. The van der Waals surface area contributed by atoms with Crippen LogP contribution in [-0.4, -0.2) is 16.7 Å². The van der Waals surface area contributed by atoms with Crippen LogP contribution in [-0.2, 0) is 13.0 Å². The van der Waals surface area contributed by atoms with Gasteiger partial charge >= 0.3 is 0 Å². The SMILES string of the molecule is Clc1ccc(CNCCc2cc(-c3ccccc3)n[nH]2)cc1. The minimum atomic E-state index is 0.773. The maximum absolute atomic E-state index is 5.87. The summed E-state index contributed by atoms with van der Waals surface area (Å²) in [5.74, 6) is 0. The van der Waals surface area contributed by atoms with E-state index < -0.39 is 0 Å². The number of aromatic amines is 1. The normalized spacial score (nSPS) is 10.8. The smallest absolute Gasteiger partial charge is 0.0923 e. The number of halogens is 1. The van der Waals surface area contributed by atoms with Crippen LogP contribution in [0.15, 0.2) is 60.7 Å². The minimum absolute atomic E-state index is 0.773. The standard InChI is InChI=1S/C18H18ClN3/c19-16-8-6-14(7-9-16)13-20-11-10-17-12-18(22-21-17)15-4-2-1-3-5-15/h1-9,12,20H,10-11,13H2,(H,21,22). The zero-order chi connectivity index (χ0) is 15.2. The van der Waals surface area contributed by atoms with Gasteiger partial charge in [-0.25, -0.2) is 0 Å². The van der Waals surface area contributed by atoms with Crippen molar-refractivity contribution in [3.8, 4) is 11.3 Å². The lowest BCUT2D eigenvalue weighted by Crippen LogP contribution is -2.16. The molecule has 3 rings (SSSR count). The fourth-order valence-corrected chi connectivity index (χ4v) is 2.43. The van der Waals surface area contributed by atoms with Crippen LogP contribution < -0.4 is 5.32 Å². The van der Waals surface area contributed by atoms with Crippen LogP contribution in [0, 0.1) is 0 Å². The Morgan fingerprint density at radius 1 is 1.00 bits per heavy atom. The van der Waals surface area contributed by atoms with E-state index >= 15 is 0 Å². The molecule has 3 aromatic rings. The van der Waals surface area contributed by atoms with Gasteiger partial charge in [-0.1, -0.05) is 54.1 Å². The fourth-order valence-electron chi connectivity index (χ4n) is 2.30.